The van der Waals surface area contributed by atoms with E-state index in [1.807, 2.05) is 38.1 Å². The minimum atomic E-state index is -3.37. The third-order valence-electron chi connectivity index (χ3n) is 3.74. The SMILES string of the molecule is CN=C(NCCCOCCOC)NCc1ccccc1CS(=O)(=O)NC(C)C. The average Bonchev–Trinajstić information content (AvgIpc) is 2.63. The second-order valence-corrected chi connectivity index (χ2v) is 8.37. The summed E-state index contributed by atoms with van der Waals surface area (Å²) in [5, 5.41) is 6.45. The van der Waals surface area contributed by atoms with Crippen LogP contribution in [0, 0.1) is 0 Å². The summed E-state index contributed by atoms with van der Waals surface area (Å²) >= 11 is 0. The molecule has 8 nitrogen and oxygen atoms in total. The summed E-state index contributed by atoms with van der Waals surface area (Å²) in [5.41, 5.74) is 1.69. The van der Waals surface area contributed by atoms with Crippen molar-refractivity contribution < 1.29 is 17.9 Å². The fraction of sp³-hybridized carbons (Fsp3) is 0.632. The number of guanidine groups is 1. The normalized spacial score (nSPS) is 12.4. The van der Waals surface area contributed by atoms with E-state index in [-0.39, 0.29) is 11.8 Å². The van der Waals surface area contributed by atoms with Crippen LogP contribution in [0.5, 0.6) is 0 Å². The molecule has 0 saturated carbocycles. The Kier molecular flexibility index (Phi) is 11.7. The van der Waals surface area contributed by atoms with Crippen molar-refractivity contribution >= 4 is 16.0 Å². The van der Waals surface area contributed by atoms with Gasteiger partial charge >= 0.3 is 0 Å². The maximum absolute atomic E-state index is 12.2. The summed E-state index contributed by atoms with van der Waals surface area (Å²) in [6.45, 7) is 6.66. The maximum atomic E-state index is 12.2. The van der Waals surface area contributed by atoms with Crippen molar-refractivity contribution in [1.29, 1.82) is 0 Å². The highest BCUT2D eigenvalue weighted by atomic mass is 32.2. The molecule has 0 atom stereocenters. The molecule has 0 aliphatic rings. The first-order chi connectivity index (χ1) is 13.4. The lowest BCUT2D eigenvalue weighted by Crippen LogP contribution is -2.38. The molecule has 0 unspecified atom stereocenters. The molecule has 0 heterocycles. The molecule has 0 saturated heterocycles. The fourth-order valence-corrected chi connectivity index (χ4v) is 3.99. The van der Waals surface area contributed by atoms with Gasteiger partial charge in [-0.15, -0.1) is 0 Å². The van der Waals surface area contributed by atoms with Crippen LogP contribution < -0.4 is 15.4 Å². The van der Waals surface area contributed by atoms with Crippen LogP contribution in [0.1, 0.15) is 31.4 Å². The molecular formula is C19H34N4O4S. The monoisotopic (exact) mass is 414 g/mol. The van der Waals surface area contributed by atoms with E-state index < -0.39 is 10.0 Å². The quantitative estimate of drug-likeness (QED) is 0.255. The summed E-state index contributed by atoms with van der Waals surface area (Å²) in [5.74, 6) is 0.614. The molecule has 0 radical (unpaired) electrons. The van der Waals surface area contributed by atoms with Crippen LogP contribution in [0.3, 0.4) is 0 Å². The molecule has 0 aromatic heterocycles. The summed E-state index contributed by atoms with van der Waals surface area (Å²) in [4.78, 5) is 4.20. The average molecular weight is 415 g/mol. The lowest BCUT2D eigenvalue weighted by molar-refractivity contribution is 0.0698. The lowest BCUT2D eigenvalue weighted by Gasteiger charge is -2.15. The smallest absolute Gasteiger partial charge is 0.216 e. The predicted octanol–water partition coefficient (Wildman–Crippen LogP) is 1.23. The van der Waals surface area contributed by atoms with Crippen LogP contribution in [0.2, 0.25) is 0 Å². The van der Waals surface area contributed by atoms with Crippen molar-refractivity contribution in [1.82, 2.24) is 15.4 Å². The van der Waals surface area contributed by atoms with E-state index in [0.717, 1.165) is 24.1 Å². The van der Waals surface area contributed by atoms with Crippen molar-refractivity contribution in [3.63, 3.8) is 0 Å². The zero-order valence-electron chi connectivity index (χ0n) is 17.3. The number of hydrogen-bond acceptors (Lipinski definition) is 5. The minimum absolute atomic E-state index is 0.0477. The van der Waals surface area contributed by atoms with Gasteiger partial charge in [-0.05, 0) is 31.4 Å². The molecule has 3 N–H and O–H groups in total. The van der Waals surface area contributed by atoms with Crippen LogP contribution in [0.15, 0.2) is 29.3 Å². The van der Waals surface area contributed by atoms with Gasteiger partial charge in [0.05, 0.1) is 19.0 Å². The predicted molar refractivity (Wildman–Crippen MR) is 113 cm³/mol. The van der Waals surface area contributed by atoms with Crippen molar-refractivity contribution in [2.24, 2.45) is 4.99 Å². The van der Waals surface area contributed by atoms with Gasteiger partial charge in [-0.2, -0.15) is 0 Å². The molecule has 0 amide bonds. The lowest BCUT2D eigenvalue weighted by atomic mass is 10.1. The molecule has 0 bridgehead atoms. The standard InChI is InChI=1S/C19H34N4O4S/c1-16(2)23-28(24,25)15-18-9-6-5-8-17(18)14-22-19(20-3)21-10-7-11-27-13-12-26-4/h5-6,8-9,16,23H,7,10-15H2,1-4H3,(H2,20,21,22). The van der Waals surface area contributed by atoms with Crippen molar-refractivity contribution in [2.45, 2.75) is 38.6 Å². The van der Waals surface area contributed by atoms with E-state index in [2.05, 4.69) is 20.3 Å². The van der Waals surface area contributed by atoms with Crippen molar-refractivity contribution in [3.8, 4) is 0 Å². The molecule has 0 fully saturated rings. The number of hydrogen-bond donors (Lipinski definition) is 3. The molecule has 9 heteroatoms. The molecule has 28 heavy (non-hydrogen) atoms. The second-order valence-electron chi connectivity index (χ2n) is 6.61. The van der Waals surface area contributed by atoms with E-state index >= 15 is 0 Å². The van der Waals surface area contributed by atoms with Crippen molar-refractivity contribution in [3.05, 3.63) is 35.4 Å². The van der Waals surface area contributed by atoms with Gasteiger partial charge in [-0.25, -0.2) is 13.1 Å². The van der Waals surface area contributed by atoms with Gasteiger partial charge in [0.1, 0.15) is 0 Å². The van der Waals surface area contributed by atoms with Crippen LogP contribution in [-0.4, -0.2) is 60.9 Å². The Bertz CT molecular complexity index is 693. The van der Waals surface area contributed by atoms with Gasteiger partial charge < -0.3 is 20.1 Å². The van der Waals surface area contributed by atoms with E-state index in [0.29, 0.717) is 32.3 Å². The third kappa shape index (κ3) is 10.6. The largest absolute Gasteiger partial charge is 0.382 e. The minimum Gasteiger partial charge on any atom is -0.382 e. The number of sulfonamides is 1. The third-order valence-corrected chi connectivity index (χ3v) is 5.26. The highest BCUT2D eigenvalue weighted by Gasteiger charge is 2.15. The Balaban J connectivity index is 2.50. The number of benzene rings is 1. The molecule has 0 aliphatic carbocycles. The summed E-state index contributed by atoms with van der Waals surface area (Å²) in [6, 6.07) is 7.38. The Hall–Kier alpha value is -1.68. The number of nitrogens with zero attached hydrogens (tertiary/aromatic N) is 1. The Morgan fingerprint density at radius 2 is 1.82 bits per heavy atom. The van der Waals surface area contributed by atoms with Crippen LogP contribution in [0.4, 0.5) is 0 Å². The van der Waals surface area contributed by atoms with Gasteiger partial charge in [-0.1, -0.05) is 24.3 Å². The summed E-state index contributed by atoms with van der Waals surface area (Å²) in [6.07, 6.45) is 0.847. The summed E-state index contributed by atoms with van der Waals surface area (Å²) in [7, 11) is -0.0248. The highest BCUT2D eigenvalue weighted by molar-refractivity contribution is 7.88. The number of aliphatic imine (C=N–C) groups is 1. The zero-order chi connectivity index (χ0) is 20.8. The zero-order valence-corrected chi connectivity index (χ0v) is 18.1. The second kappa shape index (κ2) is 13.5. The van der Waals surface area contributed by atoms with Crippen LogP contribution >= 0.6 is 0 Å². The van der Waals surface area contributed by atoms with E-state index in [4.69, 9.17) is 9.47 Å². The van der Waals surface area contributed by atoms with E-state index in [9.17, 15) is 8.42 Å². The topological polar surface area (TPSA) is 101 Å². The van der Waals surface area contributed by atoms with E-state index in [1.165, 1.54) is 0 Å². The van der Waals surface area contributed by atoms with Gasteiger partial charge in [0, 0.05) is 39.9 Å². The fourth-order valence-electron chi connectivity index (χ4n) is 2.50. The Morgan fingerprint density at radius 1 is 1.11 bits per heavy atom. The van der Waals surface area contributed by atoms with Crippen molar-refractivity contribution in [2.75, 3.05) is 40.5 Å². The van der Waals surface area contributed by atoms with E-state index in [1.54, 1.807) is 14.2 Å². The molecule has 0 spiro atoms. The first-order valence-electron chi connectivity index (χ1n) is 9.46. The number of nitrogens with one attached hydrogen (secondary N) is 3. The first kappa shape index (κ1) is 24.4. The molecule has 1 rings (SSSR count). The van der Waals surface area contributed by atoms with Gasteiger partial charge in [0.25, 0.3) is 0 Å². The summed E-state index contributed by atoms with van der Waals surface area (Å²) < 4.78 is 37.4. The Labute approximate surface area is 169 Å². The Morgan fingerprint density at radius 3 is 2.46 bits per heavy atom. The molecule has 0 aliphatic heterocycles. The van der Waals surface area contributed by atoms with Gasteiger partial charge in [0.2, 0.25) is 10.0 Å². The first-order valence-corrected chi connectivity index (χ1v) is 11.1. The number of ether oxygens (including phenoxy) is 2. The number of rotatable bonds is 13. The highest BCUT2D eigenvalue weighted by Crippen LogP contribution is 2.12. The molecular weight excluding hydrogens is 380 g/mol. The van der Waals surface area contributed by atoms with Gasteiger partial charge in [0.15, 0.2) is 5.96 Å². The maximum Gasteiger partial charge on any atom is 0.216 e. The molecule has 1 aromatic carbocycles. The van der Waals surface area contributed by atoms with Crippen LogP contribution in [0.25, 0.3) is 0 Å². The molecule has 1 aromatic rings. The molecule has 160 valence electrons. The number of methoxy groups -OCH3 is 1. The van der Waals surface area contributed by atoms with Crippen LogP contribution in [-0.2, 0) is 31.8 Å². The van der Waals surface area contributed by atoms with Gasteiger partial charge in [-0.3, -0.25) is 4.99 Å².